The highest BCUT2D eigenvalue weighted by Crippen LogP contribution is 2.19. The van der Waals surface area contributed by atoms with Crippen LogP contribution in [0.2, 0.25) is 0 Å². The number of hydrogen-bond acceptors (Lipinski definition) is 5. The highest BCUT2D eigenvalue weighted by atomic mass is 32.2. The number of rotatable bonds is 6. The summed E-state index contributed by atoms with van der Waals surface area (Å²) in [6.45, 7) is 3.58. The van der Waals surface area contributed by atoms with Gasteiger partial charge in [-0.2, -0.15) is 4.72 Å². The summed E-state index contributed by atoms with van der Waals surface area (Å²) < 4.78 is 27.6. The largest absolute Gasteiger partial charge is 0.323 e. The van der Waals surface area contributed by atoms with E-state index in [0.717, 1.165) is 22.2 Å². The summed E-state index contributed by atoms with van der Waals surface area (Å²) in [5.74, 6) is -0.643. The van der Waals surface area contributed by atoms with Crippen LogP contribution in [0, 0.1) is 5.92 Å². The van der Waals surface area contributed by atoms with Crippen LogP contribution >= 0.6 is 11.3 Å². The van der Waals surface area contributed by atoms with E-state index in [0.29, 0.717) is 5.69 Å². The molecule has 2 N–H and O–H groups in total. The fraction of sp³-hybridized carbons (Fsp3) is 0.222. The van der Waals surface area contributed by atoms with Gasteiger partial charge in [0.05, 0.1) is 17.4 Å². The lowest BCUT2D eigenvalue weighted by Gasteiger charge is -2.21. The summed E-state index contributed by atoms with van der Waals surface area (Å²) in [5, 5.41) is 5.33. The highest BCUT2D eigenvalue weighted by Gasteiger charge is 2.29. The van der Waals surface area contributed by atoms with Crippen molar-refractivity contribution < 1.29 is 13.2 Å². The molecule has 1 atom stereocenters. The van der Waals surface area contributed by atoms with Crippen molar-refractivity contribution >= 4 is 43.9 Å². The van der Waals surface area contributed by atoms with Gasteiger partial charge in [0.2, 0.25) is 5.91 Å². The summed E-state index contributed by atoms with van der Waals surface area (Å²) in [6, 6.07) is 11.6. The molecule has 136 valence electrons. The Hall–Kier alpha value is -2.29. The SMILES string of the molecule is CC(C)[C@H](NS(=O)(=O)c1cccs1)C(=O)Nc1cnc2ccccc2c1. The Labute approximate surface area is 156 Å². The molecule has 0 fully saturated rings. The third-order valence-corrected chi connectivity index (χ3v) is 6.69. The Balaban J connectivity index is 1.80. The molecule has 8 heteroatoms. The van der Waals surface area contributed by atoms with E-state index >= 15 is 0 Å². The van der Waals surface area contributed by atoms with E-state index in [4.69, 9.17) is 0 Å². The number of aromatic nitrogens is 1. The minimum Gasteiger partial charge on any atom is -0.323 e. The molecule has 0 aliphatic heterocycles. The van der Waals surface area contributed by atoms with E-state index in [1.807, 2.05) is 30.3 Å². The molecule has 2 heterocycles. The van der Waals surface area contributed by atoms with Gasteiger partial charge in [0.1, 0.15) is 10.3 Å². The standard InChI is InChI=1S/C18H19N3O3S2/c1-12(2)17(21-26(23,24)16-8-5-9-25-16)18(22)20-14-10-13-6-3-4-7-15(13)19-11-14/h3-12,17,21H,1-2H3,(H,20,22)/t17-/m0/s1. The lowest BCUT2D eigenvalue weighted by atomic mass is 10.0. The minimum atomic E-state index is -3.74. The molecule has 3 rings (SSSR count). The van der Waals surface area contributed by atoms with Gasteiger partial charge in [-0.25, -0.2) is 8.42 Å². The molecule has 3 aromatic rings. The van der Waals surface area contributed by atoms with Crippen LogP contribution < -0.4 is 10.0 Å². The first kappa shape index (κ1) is 18.5. The molecule has 0 radical (unpaired) electrons. The Kier molecular flexibility index (Phi) is 5.36. The van der Waals surface area contributed by atoms with Crippen LogP contribution in [0.15, 0.2) is 58.3 Å². The highest BCUT2D eigenvalue weighted by molar-refractivity contribution is 7.91. The molecule has 1 aromatic carbocycles. The third-order valence-electron chi connectivity index (χ3n) is 3.85. The fourth-order valence-corrected chi connectivity index (χ4v) is 4.85. The van der Waals surface area contributed by atoms with Crippen molar-refractivity contribution in [2.24, 2.45) is 5.92 Å². The number of carbonyl (C=O) groups excluding carboxylic acids is 1. The number of anilines is 1. The van der Waals surface area contributed by atoms with Crippen molar-refractivity contribution in [3.63, 3.8) is 0 Å². The molecule has 0 saturated heterocycles. The Bertz CT molecular complexity index is 1020. The lowest BCUT2D eigenvalue weighted by molar-refractivity contribution is -0.118. The van der Waals surface area contributed by atoms with Crippen molar-refractivity contribution in [3.8, 4) is 0 Å². The fourth-order valence-electron chi connectivity index (χ4n) is 2.49. The van der Waals surface area contributed by atoms with Gasteiger partial charge in [-0.3, -0.25) is 9.78 Å². The summed E-state index contributed by atoms with van der Waals surface area (Å²) in [4.78, 5) is 17.0. The molecule has 26 heavy (non-hydrogen) atoms. The van der Waals surface area contributed by atoms with Crippen LogP contribution in [0.4, 0.5) is 5.69 Å². The van der Waals surface area contributed by atoms with Gasteiger partial charge in [0, 0.05) is 5.39 Å². The van der Waals surface area contributed by atoms with Crippen LogP contribution in [-0.2, 0) is 14.8 Å². The van der Waals surface area contributed by atoms with Crippen molar-refractivity contribution in [2.75, 3.05) is 5.32 Å². The van der Waals surface area contributed by atoms with Gasteiger partial charge in [-0.05, 0) is 29.5 Å². The zero-order valence-corrected chi connectivity index (χ0v) is 16.0. The number of carbonyl (C=O) groups is 1. The maximum absolute atomic E-state index is 12.7. The van der Waals surface area contributed by atoms with E-state index in [9.17, 15) is 13.2 Å². The number of pyridine rings is 1. The molecule has 0 spiro atoms. The van der Waals surface area contributed by atoms with E-state index in [-0.39, 0.29) is 10.1 Å². The van der Waals surface area contributed by atoms with Gasteiger partial charge < -0.3 is 5.32 Å². The van der Waals surface area contributed by atoms with E-state index in [1.165, 1.54) is 6.07 Å². The number of fused-ring (bicyclic) bond motifs is 1. The number of nitrogens with one attached hydrogen (secondary N) is 2. The topological polar surface area (TPSA) is 88.2 Å². The van der Waals surface area contributed by atoms with Crippen molar-refractivity contribution in [1.82, 2.24) is 9.71 Å². The quantitative estimate of drug-likeness (QED) is 0.677. The van der Waals surface area contributed by atoms with Crippen LogP contribution in [0.3, 0.4) is 0 Å². The second-order valence-corrected chi connectivity index (χ2v) is 9.07. The van der Waals surface area contributed by atoms with Crippen molar-refractivity contribution in [3.05, 3.63) is 54.0 Å². The molecule has 0 saturated carbocycles. The van der Waals surface area contributed by atoms with Gasteiger partial charge in [-0.1, -0.05) is 38.1 Å². The van der Waals surface area contributed by atoms with Crippen LogP contribution in [0.25, 0.3) is 10.9 Å². The number of sulfonamides is 1. The van der Waals surface area contributed by atoms with Gasteiger partial charge >= 0.3 is 0 Å². The Morgan fingerprint density at radius 2 is 1.92 bits per heavy atom. The summed E-state index contributed by atoms with van der Waals surface area (Å²) in [5.41, 5.74) is 1.35. The maximum atomic E-state index is 12.7. The molecule has 6 nitrogen and oxygen atoms in total. The third kappa shape index (κ3) is 4.09. The number of hydrogen-bond donors (Lipinski definition) is 2. The second-order valence-electron chi connectivity index (χ2n) is 6.18. The molecule has 0 bridgehead atoms. The van der Waals surface area contributed by atoms with Crippen molar-refractivity contribution in [1.29, 1.82) is 0 Å². The molecule has 1 amide bonds. The monoisotopic (exact) mass is 389 g/mol. The van der Waals surface area contributed by atoms with Crippen LogP contribution in [-0.4, -0.2) is 25.4 Å². The first-order valence-electron chi connectivity index (χ1n) is 8.08. The van der Waals surface area contributed by atoms with E-state index < -0.39 is 22.0 Å². The van der Waals surface area contributed by atoms with E-state index in [2.05, 4.69) is 15.0 Å². The van der Waals surface area contributed by atoms with Gasteiger partial charge in [0.15, 0.2) is 0 Å². The normalized spacial score (nSPS) is 13.0. The zero-order valence-electron chi connectivity index (χ0n) is 14.3. The summed E-state index contributed by atoms with van der Waals surface area (Å²) in [6.07, 6.45) is 1.56. The van der Waals surface area contributed by atoms with Gasteiger partial charge in [0.25, 0.3) is 10.0 Å². The molecule has 0 aliphatic rings. The first-order chi connectivity index (χ1) is 12.4. The second kappa shape index (κ2) is 7.53. The average Bonchev–Trinajstić information content (AvgIpc) is 3.15. The molecular weight excluding hydrogens is 370 g/mol. The molecule has 2 aromatic heterocycles. The predicted octanol–water partition coefficient (Wildman–Crippen LogP) is 3.24. The predicted molar refractivity (Wildman–Crippen MR) is 104 cm³/mol. The van der Waals surface area contributed by atoms with Crippen molar-refractivity contribution in [2.45, 2.75) is 24.1 Å². The number of benzene rings is 1. The lowest BCUT2D eigenvalue weighted by Crippen LogP contribution is -2.46. The number of amides is 1. The zero-order chi connectivity index (χ0) is 18.7. The number of para-hydroxylation sites is 1. The van der Waals surface area contributed by atoms with E-state index in [1.54, 1.807) is 31.5 Å². The maximum Gasteiger partial charge on any atom is 0.250 e. The molecule has 0 unspecified atom stereocenters. The Morgan fingerprint density at radius 3 is 2.62 bits per heavy atom. The first-order valence-corrected chi connectivity index (χ1v) is 10.4. The Morgan fingerprint density at radius 1 is 1.15 bits per heavy atom. The minimum absolute atomic E-state index is 0.184. The number of nitrogens with zero attached hydrogens (tertiary/aromatic N) is 1. The molecule has 0 aliphatic carbocycles. The average molecular weight is 390 g/mol. The number of thiophene rings is 1. The van der Waals surface area contributed by atoms with Crippen LogP contribution in [0.5, 0.6) is 0 Å². The summed E-state index contributed by atoms with van der Waals surface area (Å²) >= 11 is 1.11. The molecular formula is C18H19N3O3S2. The smallest absolute Gasteiger partial charge is 0.250 e. The van der Waals surface area contributed by atoms with Crippen LogP contribution in [0.1, 0.15) is 13.8 Å². The van der Waals surface area contributed by atoms with Gasteiger partial charge in [-0.15, -0.1) is 11.3 Å². The summed E-state index contributed by atoms with van der Waals surface area (Å²) in [7, 11) is -3.74.